The molecule has 1 aliphatic carbocycles. The third-order valence-electron chi connectivity index (χ3n) is 5.39. The van der Waals surface area contributed by atoms with Crippen molar-refractivity contribution in [2.45, 2.75) is 63.6 Å². The lowest BCUT2D eigenvalue weighted by molar-refractivity contribution is -0.113. The molecule has 3 aromatic rings. The van der Waals surface area contributed by atoms with Crippen LogP contribution in [0.1, 0.15) is 55.5 Å². The number of thioether (sulfide) groups is 1. The summed E-state index contributed by atoms with van der Waals surface area (Å²) in [5.41, 5.74) is 2.21. The van der Waals surface area contributed by atoms with Crippen LogP contribution in [0, 0.1) is 6.92 Å². The predicted molar refractivity (Wildman–Crippen MR) is 121 cm³/mol. The van der Waals surface area contributed by atoms with Gasteiger partial charge in [0.2, 0.25) is 11.0 Å². The van der Waals surface area contributed by atoms with Crippen molar-refractivity contribution >= 4 is 34.1 Å². The van der Waals surface area contributed by atoms with Gasteiger partial charge in [0.15, 0.2) is 11.0 Å². The number of nitrogens with zero attached hydrogens (tertiary/aromatic N) is 5. The molecule has 7 nitrogen and oxygen atoms in total. The van der Waals surface area contributed by atoms with E-state index in [0.717, 1.165) is 33.7 Å². The molecule has 4 rings (SSSR count). The van der Waals surface area contributed by atoms with Gasteiger partial charge in [0.1, 0.15) is 5.01 Å². The highest BCUT2D eigenvalue weighted by atomic mass is 32.2. The van der Waals surface area contributed by atoms with Crippen LogP contribution in [0.3, 0.4) is 0 Å². The molecule has 0 radical (unpaired) electrons. The van der Waals surface area contributed by atoms with Crippen molar-refractivity contribution in [3.63, 3.8) is 0 Å². The van der Waals surface area contributed by atoms with Crippen LogP contribution >= 0.6 is 23.1 Å². The Labute approximate surface area is 184 Å². The number of rotatable bonds is 7. The third-order valence-corrected chi connectivity index (χ3v) is 7.36. The molecule has 0 aliphatic heterocycles. The first-order valence-corrected chi connectivity index (χ1v) is 12.2. The molecule has 158 valence electrons. The van der Waals surface area contributed by atoms with Crippen LogP contribution in [0.15, 0.2) is 29.4 Å². The number of hydrogen-bond donors (Lipinski definition) is 1. The van der Waals surface area contributed by atoms with Gasteiger partial charge >= 0.3 is 0 Å². The van der Waals surface area contributed by atoms with Gasteiger partial charge in [0.25, 0.3) is 0 Å². The third kappa shape index (κ3) is 4.73. The molecule has 2 aromatic heterocycles. The number of amides is 1. The van der Waals surface area contributed by atoms with E-state index in [-0.39, 0.29) is 11.7 Å². The van der Waals surface area contributed by atoms with E-state index in [4.69, 9.17) is 0 Å². The molecule has 0 bridgehead atoms. The molecule has 30 heavy (non-hydrogen) atoms. The summed E-state index contributed by atoms with van der Waals surface area (Å²) in [6.45, 7) is 4.86. The summed E-state index contributed by atoms with van der Waals surface area (Å²) in [5.74, 6) is 1.48. The summed E-state index contributed by atoms with van der Waals surface area (Å²) in [7, 11) is 0. The van der Waals surface area contributed by atoms with Gasteiger partial charge in [-0.3, -0.25) is 10.1 Å². The van der Waals surface area contributed by atoms with Gasteiger partial charge in [-0.15, -0.1) is 20.4 Å². The molecule has 1 amide bonds. The summed E-state index contributed by atoms with van der Waals surface area (Å²) < 4.78 is 2.05. The lowest BCUT2D eigenvalue weighted by Gasteiger charge is -2.18. The minimum Gasteiger partial charge on any atom is -0.302 e. The number of aryl methyl sites for hydroxylation is 1. The van der Waals surface area contributed by atoms with Crippen molar-refractivity contribution in [2.24, 2.45) is 0 Å². The fourth-order valence-electron chi connectivity index (χ4n) is 3.79. The Bertz CT molecular complexity index is 1010. The number of hydrogen-bond acceptors (Lipinski definition) is 7. The molecule has 1 fully saturated rings. The maximum absolute atomic E-state index is 12.5. The molecule has 0 saturated heterocycles. The van der Waals surface area contributed by atoms with E-state index in [9.17, 15) is 4.79 Å². The molecule has 1 N–H and O–H groups in total. The summed E-state index contributed by atoms with van der Waals surface area (Å²) in [6, 6.07) is 8.12. The first-order chi connectivity index (χ1) is 14.7. The fourth-order valence-corrected chi connectivity index (χ4v) is 5.52. The van der Waals surface area contributed by atoms with Crippen LogP contribution in [0.5, 0.6) is 0 Å². The highest BCUT2D eigenvalue weighted by Crippen LogP contribution is 2.35. The minimum absolute atomic E-state index is 0.102. The molecule has 0 spiro atoms. The number of carbonyl (C=O) groups excluding carboxylic acids is 1. The number of carbonyl (C=O) groups is 1. The monoisotopic (exact) mass is 442 g/mol. The Morgan fingerprint density at radius 3 is 2.73 bits per heavy atom. The predicted octanol–water partition coefficient (Wildman–Crippen LogP) is 4.90. The number of nitrogens with one attached hydrogen (secondary N) is 1. The number of aromatic nitrogens is 5. The van der Waals surface area contributed by atoms with Gasteiger partial charge in [0.05, 0.1) is 5.75 Å². The van der Waals surface area contributed by atoms with Gasteiger partial charge in [-0.2, -0.15) is 0 Å². The maximum Gasteiger partial charge on any atom is 0.236 e. The van der Waals surface area contributed by atoms with Crippen molar-refractivity contribution in [1.29, 1.82) is 0 Å². The summed E-state index contributed by atoms with van der Waals surface area (Å²) in [4.78, 5) is 12.5. The van der Waals surface area contributed by atoms with Crippen molar-refractivity contribution in [1.82, 2.24) is 25.0 Å². The van der Waals surface area contributed by atoms with E-state index >= 15 is 0 Å². The number of anilines is 1. The lowest BCUT2D eigenvalue weighted by atomic mass is 9.90. The second kappa shape index (κ2) is 9.70. The highest BCUT2D eigenvalue weighted by molar-refractivity contribution is 7.99. The maximum atomic E-state index is 12.5. The molecule has 1 aliphatic rings. The van der Waals surface area contributed by atoms with Crippen LogP contribution in [0.4, 0.5) is 5.13 Å². The largest absolute Gasteiger partial charge is 0.302 e. The van der Waals surface area contributed by atoms with E-state index in [1.165, 1.54) is 55.2 Å². The molecular formula is C21H26N6OS2. The van der Waals surface area contributed by atoms with Crippen molar-refractivity contribution < 1.29 is 4.79 Å². The second-order valence-electron chi connectivity index (χ2n) is 7.48. The quantitative estimate of drug-likeness (QED) is 0.524. The van der Waals surface area contributed by atoms with E-state index in [1.807, 2.05) is 22.8 Å². The van der Waals surface area contributed by atoms with E-state index in [1.54, 1.807) is 0 Å². The van der Waals surface area contributed by atoms with Crippen LogP contribution < -0.4 is 5.32 Å². The zero-order valence-corrected chi connectivity index (χ0v) is 18.9. The zero-order chi connectivity index (χ0) is 20.9. The van der Waals surface area contributed by atoms with Crippen LogP contribution in [-0.4, -0.2) is 36.6 Å². The van der Waals surface area contributed by atoms with Gasteiger partial charge in [-0.25, -0.2) is 0 Å². The summed E-state index contributed by atoms with van der Waals surface area (Å²) >= 11 is 2.89. The van der Waals surface area contributed by atoms with E-state index in [0.29, 0.717) is 11.0 Å². The van der Waals surface area contributed by atoms with Gasteiger partial charge in [0, 0.05) is 18.0 Å². The standard InChI is InChI=1S/C21H26N6OS2/c1-3-27-18(16-12-8-7-9-14(16)2)23-26-21(27)29-13-17(28)22-20-25-24-19(30-20)15-10-5-4-6-11-15/h7-9,12,15H,3-6,10-11,13H2,1-2H3,(H,22,25,28). The van der Waals surface area contributed by atoms with Crippen LogP contribution in [0.25, 0.3) is 11.4 Å². The average Bonchev–Trinajstić information content (AvgIpc) is 3.40. The highest BCUT2D eigenvalue weighted by Gasteiger charge is 2.21. The second-order valence-corrected chi connectivity index (χ2v) is 9.43. The normalized spacial score (nSPS) is 14.7. The van der Waals surface area contributed by atoms with Crippen molar-refractivity contribution in [3.8, 4) is 11.4 Å². The first kappa shape index (κ1) is 21.0. The Morgan fingerprint density at radius 1 is 1.17 bits per heavy atom. The summed E-state index contributed by atoms with van der Waals surface area (Å²) in [6.07, 6.45) is 6.17. The Morgan fingerprint density at radius 2 is 1.97 bits per heavy atom. The van der Waals surface area contributed by atoms with Crippen molar-refractivity contribution in [3.05, 3.63) is 34.8 Å². The molecule has 0 unspecified atom stereocenters. The van der Waals surface area contributed by atoms with Gasteiger partial charge < -0.3 is 4.57 Å². The SMILES string of the molecule is CCn1c(SCC(=O)Nc2nnc(C3CCCCC3)s2)nnc1-c1ccccc1C. The Hall–Kier alpha value is -2.26. The smallest absolute Gasteiger partial charge is 0.236 e. The minimum atomic E-state index is -0.102. The first-order valence-electron chi connectivity index (χ1n) is 10.4. The van der Waals surface area contributed by atoms with Gasteiger partial charge in [-0.05, 0) is 32.3 Å². The van der Waals surface area contributed by atoms with Crippen LogP contribution in [-0.2, 0) is 11.3 Å². The molecule has 1 saturated carbocycles. The lowest BCUT2D eigenvalue weighted by Crippen LogP contribution is -2.14. The molecule has 1 aromatic carbocycles. The molecular weight excluding hydrogens is 416 g/mol. The molecule has 9 heteroatoms. The fraction of sp³-hybridized carbons (Fsp3) is 0.476. The molecule has 0 atom stereocenters. The van der Waals surface area contributed by atoms with Crippen molar-refractivity contribution in [2.75, 3.05) is 11.1 Å². The summed E-state index contributed by atoms with van der Waals surface area (Å²) in [5, 5.41) is 22.4. The van der Waals surface area contributed by atoms with E-state index in [2.05, 4.69) is 45.6 Å². The van der Waals surface area contributed by atoms with Crippen LogP contribution in [0.2, 0.25) is 0 Å². The zero-order valence-electron chi connectivity index (χ0n) is 17.3. The van der Waals surface area contributed by atoms with E-state index < -0.39 is 0 Å². The Kier molecular flexibility index (Phi) is 6.79. The number of benzene rings is 1. The Balaban J connectivity index is 1.37. The average molecular weight is 443 g/mol. The topological polar surface area (TPSA) is 85.6 Å². The van der Waals surface area contributed by atoms with Gasteiger partial charge in [-0.1, -0.05) is 66.6 Å². The molecule has 2 heterocycles.